The first-order chi connectivity index (χ1) is 12.3. The van der Waals surface area contributed by atoms with Crippen molar-refractivity contribution in [1.29, 1.82) is 0 Å². The molecular formula is C17H13N3O4S. The van der Waals surface area contributed by atoms with E-state index in [-0.39, 0.29) is 18.5 Å². The highest BCUT2D eigenvalue weighted by molar-refractivity contribution is 7.99. The van der Waals surface area contributed by atoms with Crippen LogP contribution in [-0.4, -0.2) is 28.7 Å². The van der Waals surface area contributed by atoms with Crippen molar-refractivity contribution in [3.05, 3.63) is 48.7 Å². The van der Waals surface area contributed by atoms with Crippen molar-refractivity contribution >= 4 is 23.4 Å². The minimum Gasteiger partial charge on any atom is -0.463 e. The molecule has 1 aliphatic heterocycles. The molecule has 0 spiro atoms. The largest absolute Gasteiger partial charge is 0.463 e. The van der Waals surface area contributed by atoms with Crippen LogP contribution in [0.1, 0.15) is 0 Å². The average Bonchev–Trinajstić information content (AvgIpc) is 3.32. The van der Waals surface area contributed by atoms with Gasteiger partial charge in [0.1, 0.15) is 10.7 Å². The van der Waals surface area contributed by atoms with Gasteiger partial charge >= 0.3 is 0 Å². The van der Waals surface area contributed by atoms with Crippen LogP contribution in [0.3, 0.4) is 0 Å². The molecule has 0 fully saturated rings. The third kappa shape index (κ3) is 3.58. The molecule has 8 heteroatoms. The third-order valence-corrected chi connectivity index (χ3v) is 4.34. The molecule has 0 saturated heterocycles. The van der Waals surface area contributed by atoms with E-state index < -0.39 is 0 Å². The van der Waals surface area contributed by atoms with Crippen LogP contribution in [0.2, 0.25) is 0 Å². The predicted molar refractivity (Wildman–Crippen MR) is 91.7 cm³/mol. The Labute approximate surface area is 147 Å². The van der Waals surface area contributed by atoms with Crippen molar-refractivity contribution < 1.29 is 18.7 Å². The SMILES string of the molecule is O=C(CSc1ccc(-c2ccco2)nn1)Nc1ccc2c(c1)OCO2. The van der Waals surface area contributed by atoms with Gasteiger partial charge in [0.05, 0.1) is 12.0 Å². The van der Waals surface area contributed by atoms with Gasteiger partial charge in [-0.2, -0.15) is 0 Å². The molecule has 0 radical (unpaired) electrons. The van der Waals surface area contributed by atoms with Crippen molar-refractivity contribution in [2.75, 3.05) is 17.9 Å². The maximum Gasteiger partial charge on any atom is 0.234 e. The van der Waals surface area contributed by atoms with Crippen LogP contribution in [-0.2, 0) is 4.79 Å². The Morgan fingerprint density at radius 3 is 2.84 bits per heavy atom. The summed E-state index contributed by atoms with van der Waals surface area (Å²) in [5.41, 5.74) is 1.31. The fourth-order valence-corrected chi connectivity index (χ4v) is 2.88. The zero-order valence-electron chi connectivity index (χ0n) is 13.0. The standard InChI is InChI=1S/C17H13N3O4S/c21-16(18-11-3-5-14-15(8-11)24-10-23-14)9-25-17-6-4-12(19-20-17)13-2-1-7-22-13/h1-8H,9-10H2,(H,18,21). The number of nitrogens with one attached hydrogen (secondary N) is 1. The molecule has 0 saturated carbocycles. The number of thioether (sulfide) groups is 1. The summed E-state index contributed by atoms with van der Waals surface area (Å²) >= 11 is 1.31. The Balaban J connectivity index is 1.32. The lowest BCUT2D eigenvalue weighted by Gasteiger charge is -2.06. The molecule has 126 valence electrons. The molecule has 3 heterocycles. The molecule has 1 aliphatic rings. The predicted octanol–water partition coefficient (Wildman–Crippen LogP) is 3.20. The molecule has 0 bridgehead atoms. The number of carbonyl (C=O) groups is 1. The summed E-state index contributed by atoms with van der Waals surface area (Å²) in [4.78, 5) is 12.1. The fourth-order valence-electron chi connectivity index (χ4n) is 2.26. The second kappa shape index (κ2) is 6.86. The molecule has 4 rings (SSSR count). The number of ether oxygens (including phenoxy) is 2. The van der Waals surface area contributed by atoms with Gasteiger partial charge in [0.25, 0.3) is 0 Å². The number of nitrogens with zero attached hydrogens (tertiary/aromatic N) is 2. The van der Waals surface area contributed by atoms with Crippen LogP contribution in [0, 0.1) is 0 Å². The molecule has 0 aliphatic carbocycles. The number of furan rings is 1. The Hall–Kier alpha value is -3.00. The Bertz CT molecular complexity index is 881. The van der Waals surface area contributed by atoms with E-state index in [0.29, 0.717) is 33.7 Å². The third-order valence-electron chi connectivity index (χ3n) is 3.42. The first-order valence-corrected chi connectivity index (χ1v) is 8.46. The summed E-state index contributed by atoms with van der Waals surface area (Å²) in [6.07, 6.45) is 1.58. The first-order valence-electron chi connectivity index (χ1n) is 7.48. The summed E-state index contributed by atoms with van der Waals surface area (Å²) in [6.45, 7) is 0.204. The monoisotopic (exact) mass is 355 g/mol. The van der Waals surface area contributed by atoms with Crippen molar-refractivity contribution in [1.82, 2.24) is 10.2 Å². The van der Waals surface area contributed by atoms with Gasteiger partial charge in [-0.1, -0.05) is 11.8 Å². The summed E-state index contributed by atoms with van der Waals surface area (Å²) < 4.78 is 15.8. The molecule has 25 heavy (non-hydrogen) atoms. The maximum absolute atomic E-state index is 12.1. The van der Waals surface area contributed by atoms with Crippen LogP contribution in [0.25, 0.3) is 11.5 Å². The van der Waals surface area contributed by atoms with Crippen LogP contribution >= 0.6 is 11.8 Å². The topological polar surface area (TPSA) is 86.5 Å². The molecule has 2 aromatic heterocycles. The lowest BCUT2D eigenvalue weighted by Crippen LogP contribution is -2.14. The molecule has 0 atom stereocenters. The second-order valence-corrected chi connectivity index (χ2v) is 6.13. The van der Waals surface area contributed by atoms with Crippen LogP contribution in [0.5, 0.6) is 11.5 Å². The lowest BCUT2D eigenvalue weighted by molar-refractivity contribution is -0.113. The first kappa shape index (κ1) is 15.5. The number of amides is 1. The molecule has 1 N–H and O–H groups in total. The minimum atomic E-state index is -0.138. The normalized spacial score (nSPS) is 12.2. The molecule has 7 nitrogen and oxygen atoms in total. The quantitative estimate of drug-likeness (QED) is 0.703. The van der Waals surface area contributed by atoms with Crippen molar-refractivity contribution in [2.45, 2.75) is 5.03 Å². The Kier molecular flexibility index (Phi) is 4.26. The molecule has 1 aromatic carbocycles. The van der Waals surface area contributed by atoms with Crippen molar-refractivity contribution in [3.8, 4) is 23.0 Å². The zero-order chi connectivity index (χ0) is 17.1. The maximum atomic E-state index is 12.1. The van der Waals surface area contributed by atoms with Gasteiger partial charge in [-0.05, 0) is 36.4 Å². The Morgan fingerprint density at radius 1 is 1.12 bits per heavy atom. The van der Waals surface area contributed by atoms with Gasteiger partial charge in [0.2, 0.25) is 12.7 Å². The number of hydrogen-bond donors (Lipinski definition) is 1. The smallest absolute Gasteiger partial charge is 0.234 e. The fraction of sp³-hybridized carbons (Fsp3) is 0.118. The molecule has 1 amide bonds. The van der Waals surface area contributed by atoms with E-state index in [1.54, 1.807) is 30.5 Å². The summed E-state index contributed by atoms with van der Waals surface area (Å²) in [6, 6.07) is 12.5. The van der Waals surface area contributed by atoms with E-state index in [4.69, 9.17) is 13.9 Å². The highest BCUT2D eigenvalue weighted by atomic mass is 32.2. The van der Waals surface area contributed by atoms with E-state index in [1.807, 2.05) is 18.2 Å². The number of fused-ring (bicyclic) bond motifs is 1. The van der Waals surface area contributed by atoms with Gasteiger partial charge in [-0.3, -0.25) is 4.79 Å². The van der Waals surface area contributed by atoms with E-state index in [9.17, 15) is 4.79 Å². The van der Waals surface area contributed by atoms with Gasteiger partial charge in [0.15, 0.2) is 17.3 Å². The van der Waals surface area contributed by atoms with Gasteiger partial charge in [-0.25, -0.2) is 0 Å². The number of benzene rings is 1. The number of aromatic nitrogens is 2. The van der Waals surface area contributed by atoms with Crippen molar-refractivity contribution in [2.24, 2.45) is 0 Å². The van der Waals surface area contributed by atoms with Gasteiger partial charge in [-0.15, -0.1) is 10.2 Å². The number of carbonyl (C=O) groups excluding carboxylic acids is 1. The number of rotatable bonds is 5. The lowest BCUT2D eigenvalue weighted by atomic mass is 10.3. The van der Waals surface area contributed by atoms with Crippen LogP contribution in [0.4, 0.5) is 5.69 Å². The van der Waals surface area contributed by atoms with Crippen LogP contribution < -0.4 is 14.8 Å². The number of hydrogen-bond acceptors (Lipinski definition) is 7. The highest BCUT2D eigenvalue weighted by Crippen LogP contribution is 2.34. The molecular weight excluding hydrogens is 342 g/mol. The van der Waals surface area contributed by atoms with Gasteiger partial charge < -0.3 is 19.2 Å². The zero-order valence-corrected chi connectivity index (χ0v) is 13.8. The van der Waals surface area contributed by atoms with E-state index in [2.05, 4.69) is 15.5 Å². The minimum absolute atomic E-state index is 0.138. The highest BCUT2D eigenvalue weighted by Gasteiger charge is 2.14. The van der Waals surface area contributed by atoms with Crippen molar-refractivity contribution in [3.63, 3.8) is 0 Å². The van der Waals surface area contributed by atoms with E-state index in [1.165, 1.54) is 11.8 Å². The average molecular weight is 355 g/mol. The number of anilines is 1. The Morgan fingerprint density at radius 2 is 2.04 bits per heavy atom. The summed E-state index contributed by atoms with van der Waals surface area (Å²) in [5.74, 6) is 2.05. The molecule has 0 unspecified atom stereocenters. The van der Waals surface area contributed by atoms with E-state index >= 15 is 0 Å². The molecule has 3 aromatic rings. The summed E-state index contributed by atoms with van der Waals surface area (Å²) in [5, 5.41) is 11.7. The van der Waals surface area contributed by atoms with E-state index in [0.717, 1.165) is 0 Å². The van der Waals surface area contributed by atoms with Gasteiger partial charge in [0, 0.05) is 11.8 Å². The summed E-state index contributed by atoms with van der Waals surface area (Å²) in [7, 11) is 0. The second-order valence-electron chi connectivity index (χ2n) is 5.14. The van der Waals surface area contributed by atoms with Crippen LogP contribution in [0.15, 0.2) is 58.2 Å².